The number of piperidine rings is 1. The van der Waals surface area contributed by atoms with Crippen molar-refractivity contribution in [3.8, 4) is 16.9 Å². The monoisotopic (exact) mass is 364 g/mol. The highest BCUT2D eigenvalue weighted by Gasteiger charge is 2.24. The Bertz CT molecular complexity index is 1020. The molecule has 0 bridgehead atoms. The molecule has 4 nitrogen and oxygen atoms in total. The Kier molecular flexibility index (Phi) is 4.75. The number of fused-ring (bicyclic) bond motifs is 1. The third-order valence-electron chi connectivity index (χ3n) is 5.88. The summed E-state index contributed by atoms with van der Waals surface area (Å²) >= 11 is 0. The Hall–Kier alpha value is -2.59. The van der Waals surface area contributed by atoms with Crippen LogP contribution in [0.5, 0.6) is 5.75 Å². The van der Waals surface area contributed by atoms with E-state index in [1.807, 2.05) is 43.3 Å². The average molecular weight is 364 g/mol. The molecule has 0 atom stereocenters. The number of nitrogens with one attached hydrogen (secondary N) is 1. The Morgan fingerprint density at radius 2 is 1.81 bits per heavy atom. The fraction of sp³-hybridized carbons (Fsp3) is 0.348. The molecular formula is C23H26NO3+. The predicted octanol–water partition coefficient (Wildman–Crippen LogP) is 3.29. The number of benzene rings is 2. The molecule has 3 aromatic rings. The van der Waals surface area contributed by atoms with Crippen LogP contribution in [0.4, 0.5) is 0 Å². The summed E-state index contributed by atoms with van der Waals surface area (Å²) in [6, 6.07) is 13.2. The van der Waals surface area contributed by atoms with E-state index < -0.39 is 0 Å². The minimum Gasteiger partial charge on any atom is -0.507 e. The summed E-state index contributed by atoms with van der Waals surface area (Å²) < 4.78 is 5.77. The zero-order chi connectivity index (χ0) is 19.0. The third kappa shape index (κ3) is 3.37. The van der Waals surface area contributed by atoms with Crippen molar-refractivity contribution in [2.45, 2.75) is 33.2 Å². The second kappa shape index (κ2) is 7.20. The van der Waals surface area contributed by atoms with Crippen LogP contribution >= 0.6 is 0 Å². The topological polar surface area (TPSA) is 54.9 Å². The quantitative estimate of drug-likeness (QED) is 0.701. The normalized spacial score (nSPS) is 20.1. The van der Waals surface area contributed by atoms with Crippen molar-refractivity contribution in [1.82, 2.24) is 0 Å². The molecule has 1 aromatic heterocycles. The van der Waals surface area contributed by atoms with Crippen LogP contribution in [0.1, 0.15) is 30.9 Å². The van der Waals surface area contributed by atoms with Gasteiger partial charge in [0.2, 0.25) is 0 Å². The van der Waals surface area contributed by atoms with Gasteiger partial charge in [0.05, 0.1) is 24.2 Å². The number of quaternary nitrogens is 1. The first kappa shape index (κ1) is 17.8. The van der Waals surface area contributed by atoms with E-state index in [1.165, 1.54) is 17.7 Å². The van der Waals surface area contributed by atoms with E-state index in [-0.39, 0.29) is 11.4 Å². The highest BCUT2D eigenvalue weighted by Crippen LogP contribution is 2.32. The summed E-state index contributed by atoms with van der Waals surface area (Å²) in [6.07, 6.45) is 2.39. The fourth-order valence-electron chi connectivity index (χ4n) is 4.17. The van der Waals surface area contributed by atoms with E-state index in [4.69, 9.17) is 4.42 Å². The van der Waals surface area contributed by atoms with Gasteiger partial charge in [-0.15, -0.1) is 0 Å². The molecule has 1 aliphatic heterocycles. The Morgan fingerprint density at radius 3 is 2.52 bits per heavy atom. The molecule has 2 heterocycles. The number of aryl methyl sites for hydroxylation is 1. The molecule has 4 rings (SSSR count). The Morgan fingerprint density at radius 1 is 1.11 bits per heavy atom. The SMILES string of the molecule is Cc1c(-c2ccccc2)c(=O)oc2c(C[NH+]3CCC(C)CC3)c(O)ccc12. The molecular weight excluding hydrogens is 338 g/mol. The number of rotatable bonds is 3. The van der Waals surface area contributed by atoms with Gasteiger partial charge in [-0.3, -0.25) is 0 Å². The van der Waals surface area contributed by atoms with Crippen LogP contribution in [0.2, 0.25) is 0 Å². The smallest absolute Gasteiger partial charge is 0.344 e. The Labute approximate surface area is 159 Å². The summed E-state index contributed by atoms with van der Waals surface area (Å²) in [5.74, 6) is 0.979. The molecule has 1 aliphatic rings. The van der Waals surface area contributed by atoms with Crippen LogP contribution in [-0.2, 0) is 6.54 Å². The maximum atomic E-state index is 12.8. The van der Waals surface area contributed by atoms with Gasteiger partial charge in [-0.05, 0) is 48.9 Å². The minimum absolute atomic E-state index is 0.212. The van der Waals surface area contributed by atoms with E-state index >= 15 is 0 Å². The maximum absolute atomic E-state index is 12.8. The highest BCUT2D eigenvalue weighted by molar-refractivity contribution is 5.89. The van der Waals surface area contributed by atoms with Crippen molar-refractivity contribution in [1.29, 1.82) is 0 Å². The van der Waals surface area contributed by atoms with Gasteiger partial charge in [0.15, 0.2) is 5.58 Å². The van der Waals surface area contributed by atoms with Gasteiger partial charge in [-0.2, -0.15) is 0 Å². The number of phenolic OH excluding ortho intramolecular Hbond substituents is 1. The van der Waals surface area contributed by atoms with Crippen molar-refractivity contribution in [3.05, 3.63) is 64.0 Å². The van der Waals surface area contributed by atoms with Crippen LogP contribution < -0.4 is 10.5 Å². The third-order valence-corrected chi connectivity index (χ3v) is 5.88. The lowest BCUT2D eigenvalue weighted by molar-refractivity contribution is -0.919. The van der Waals surface area contributed by atoms with Gasteiger partial charge in [0.25, 0.3) is 0 Å². The Balaban J connectivity index is 1.82. The molecule has 0 saturated carbocycles. The standard InChI is InChI=1S/C23H25NO3/c1-15-10-12-24(13-11-15)14-19-20(25)9-8-18-16(2)21(23(26)27-22(18)19)17-6-4-3-5-7-17/h3-9,15,25H,10-14H2,1-2H3/p+1. The van der Waals surface area contributed by atoms with Crippen molar-refractivity contribution >= 4 is 11.0 Å². The van der Waals surface area contributed by atoms with Gasteiger partial charge >= 0.3 is 5.63 Å². The maximum Gasteiger partial charge on any atom is 0.344 e. The zero-order valence-electron chi connectivity index (χ0n) is 15.9. The van der Waals surface area contributed by atoms with Crippen LogP contribution in [0.15, 0.2) is 51.7 Å². The first-order chi connectivity index (χ1) is 13.0. The van der Waals surface area contributed by atoms with Gasteiger partial charge < -0.3 is 14.4 Å². The lowest BCUT2D eigenvalue weighted by Crippen LogP contribution is -3.11. The number of phenols is 1. The molecule has 1 fully saturated rings. The molecule has 1 saturated heterocycles. The van der Waals surface area contributed by atoms with Gasteiger partial charge in [0.1, 0.15) is 12.3 Å². The first-order valence-corrected chi connectivity index (χ1v) is 9.72. The summed E-state index contributed by atoms with van der Waals surface area (Å²) in [7, 11) is 0. The van der Waals surface area contributed by atoms with Crippen LogP contribution in [-0.4, -0.2) is 18.2 Å². The van der Waals surface area contributed by atoms with Crippen molar-refractivity contribution < 1.29 is 14.4 Å². The predicted molar refractivity (Wildman–Crippen MR) is 107 cm³/mol. The average Bonchev–Trinajstić information content (AvgIpc) is 2.67. The number of aromatic hydroxyl groups is 1. The number of hydrogen-bond donors (Lipinski definition) is 2. The second-order valence-corrected chi connectivity index (χ2v) is 7.80. The molecule has 0 aliphatic carbocycles. The zero-order valence-corrected chi connectivity index (χ0v) is 15.9. The summed E-state index contributed by atoms with van der Waals surface area (Å²) in [6.45, 7) is 7.10. The van der Waals surface area contributed by atoms with Crippen molar-refractivity contribution in [3.63, 3.8) is 0 Å². The minimum atomic E-state index is -0.347. The van der Waals surface area contributed by atoms with Crippen LogP contribution in [0.3, 0.4) is 0 Å². The van der Waals surface area contributed by atoms with Gasteiger partial charge in [-0.25, -0.2) is 4.79 Å². The van der Waals surface area contributed by atoms with E-state index in [1.54, 1.807) is 6.07 Å². The summed E-state index contributed by atoms with van der Waals surface area (Å²) in [5, 5.41) is 11.4. The molecule has 4 heteroatoms. The van der Waals surface area contributed by atoms with Gasteiger partial charge in [-0.1, -0.05) is 37.3 Å². The molecule has 0 spiro atoms. The second-order valence-electron chi connectivity index (χ2n) is 7.80. The molecule has 0 unspecified atom stereocenters. The molecule has 27 heavy (non-hydrogen) atoms. The lowest BCUT2D eigenvalue weighted by Gasteiger charge is -2.27. The van der Waals surface area contributed by atoms with E-state index in [0.29, 0.717) is 17.7 Å². The van der Waals surface area contributed by atoms with Crippen molar-refractivity contribution in [2.24, 2.45) is 5.92 Å². The summed E-state index contributed by atoms with van der Waals surface area (Å²) in [5.41, 5.74) is 3.28. The van der Waals surface area contributed by atoms with E-state index in [0.717, 1.165) is 41.1 Å². The summed E-state index contributed by atoms with van der Waals surface area (Å²) in [4.78, 5) is 14.2. The van der Waals surface area contributed by atoms with Gasteiger partial charge in [0, 0.05) is 5.39 Å². The fourth-order valence-corrected chi connectivity index (χ4v) is 4.17. The molecule has 0 amide bonds. The molecule has 2 aromatic carbocycles. The molecule has 2 N–H and O–H groups in total. The van der Waals surface area contributed by atoms with E-state index in [9.17, 15) is 9.90 Å². The largest absolute Gasteiger partial charge is 0.507 e. The first-order valence-electron chi connectivity index (χ1n) is 9.72. The molecule has 0 radical (unpaired) electrons. The van der Waals surface area contributed by atoms with E-state index in [2.05, 4.69) is 6.92 Å². The van der Waals surface area contributed by atoms with Crippen molar-refractivity contribution in [2.75, 3.05) is 13.1 Å². The molecule has 140 valence electrons. The number of likely N-dealkylation sites (tertiary alicyclic amines) is 1. The lowest BCUT2D eigenvalue weighted by atomic mass is 9.96. The van der Waals surface area contributed by atoms with Crippen LogP contribution in [0, 0.1) is 12.8 Å². The number of hydrogen-bond acceptors (Lipinski definition) is 3. The van der Waals surface area contributed by atoms with Crippen LogP contribution in [0.25, 0.3) is 22.1 Å². The highest BCUT2D eigenvalue weighted by atomic mass is 16.4.